The number of likely N-dealkylation sites (tertiary alicyclic amines) is 1. The van der Waals surface area contributed by atoms with Crippen LogP contribution in [0, 0.1) is 5.92 Å². The molecule has 2 rings (SSSR count). The number of aliphatic hydroxyl groups excluding tert-OH is 1. The van der Waals surface area contributed by atoms with Crippen molar-refractivity contribution in [3.63, 3.8) is 0 Å². The Bertz CT molecular complexity index is 353. The summed E-state index contributed by atoms with van der Waals surface area (Å²) in [5.74, 6) is 1.62. The molecule has 0 bridgehead atoms. The Kier molecular flexibility index (Phi) is 8.12. The Morgan fingerprint density at radius 1 is 1.26 bits per heavy atom. The highest BCUT2D eigenvalue weighted by molar-refractivity contribution is 5.80. The number of hydrogen-bond acceptors (Lipinski definition) is 4. The second kappa shape index (κ2) is 10.1. The molecule has 23 heavy (non-hydrogen) atoms. The number of hydrogen-bond donors (Lipinski definition) is 2. The maximum Gasteiger partial charge on any atom is 0.194 e. The molecule has 1 aliphatic carbocycles. The van der Waals surface area contributed by atoms with Gasteiger partial charge in [0.25, 0.3) is 0 Å². The van der Waals surface area contributed by atoms with Gasteiger partial charge in [-0.05, 0) is 45.4 Å². The van der Waals surface area contributed by atoms with E-state index in [1.54, 1.807) is 0 Å². The lowest BCUT2D eigenvalue weighted by Gasteiger charge is -2.34. The van der Waals surface area contributed by atoms with Crippen molar-refractivity contribution in [3.8, 4) is 0 Å². The second-order valence-electron chi connectivity index (χ2n) is 6.47. The van der Waals surface area contributed by atoms with Crippen LogP contribution >= 0.6 is 0 Å². The number of aliphatic hydroxyl groups is 1. The van der Waals surface area contributed by atoms with Crippen molar-refractivity contribution in [2.45, 2.75) is 51.7 Å². The SMILES string of the molecule is CCNC(=NCC(O)COCC1CC1)N1CCC(OCC)CC1. The summed E-state index contributed by atoms with van der Waals surface area (Å²) in [5.41, 5.74) is 0. The zero-order valence-corrected chi connectivity index (χ0v) is 14.7. The second-order valence-corrected chi connectivity index (χ2v) is 6.47. The molecule has 1 heterocycles. The van der Waals surface area contributed by atoms with Gasteiger partial charge >= 0.3 is 0 Å². The molecule has 6 heteroatoms. The van der Waals surface area contributed by atoms with E-state index in [1.165, 1.54) is 12.8 Å². The first-order valence-corrected chi connectivity index (χ1v) is 9.13. The van der Waals surface area contributed by atoms with Crippen LogP contribution in [0.15, 0.2) is 4.99 Å². The zero-order valence-electron chi connectivity index (χ0n) is 14.7. The molecular weight excluding hydrogens is 294 g/mol. The molecule has 134 valence electrons. The molecule has 6 nitrogen and oxygen atoms in total. The maximum atomic E-state index is 10.0. The fraction of sp³-hybridized carbons (Fsp3) is 0.941. The Hall–Kier alpha value is -0.850. The van der Waals surface area contributed by atoms with Crippen molar-refractivity contribution in [3.05, 3.63) is 0 Å². The molecule has 1 unspecified atom stereocenters. The third kappa shape index (κ3) is 7.06. The number of nitrogens with one attached hydrogen (secondary N) is 1. The van der Waals surface area contributed by atoms with E-state index in [2.05, 4.69) is 22.1 Å². The number of rotatable bonds is 9. The first-order chi connectivity index (χ1) is 11.2. The first-order valence-electron chi connectivity index (χ1n) is 9.13. The number of nitrogens with zero attached hydrogens (tertiary/aromatic N) is 2. The fourth-order valence-electron chi connectivity index (χ4n) is 2.80. The molecular formula is C17H33N3O3. The fourth-order valence-corrected chi connectivity index (χ4v) is 2.80. The molecule has 1 saturated heterocycles. The molecule has 0 amide bonds. The lowest BCUT2D eigenvalue weighted by Crippen LogP contribution is -2.47. The minimum absolute atomic E-state index is 0.376. The highest BCUT2D eigenvalue weighted by Crippen LogP contribution is 2.28. The van der Waals surface area contributed by atoms with E-state index >= 15 is 0 Å². The standard InChI is InChI=1S/C17H33N3O3/c1-3-18-17(20-9-7-16(8-10-20)23-4-2)19-11-15(21)13-22-12-14-5-6-14/h14-16,21H,3-13H2,1-2H3,(H,18,19). The van der Waals surface area contributed by atoms with Crippen molar-refractivity contribution in [1.82, 2.24) is 10.2 Å². The molecule has 0 aromatic rings. The Morgan fingerprint density at radius 3 is 2.61 bits per heavy atom. The van der Waals surface area contributed by atoms with E-state index in [1.807, 2.05) is 6.92 Å². The van der Waals surface area contributed by atoms with Gasteiger partial charge in [0.05, 0.1) is 25.4 Å². The van der Waals surface area contributed by atoms with Crippen LogP contribution < -0.4 is 5.32 Å². The largest absolute Gasteiger partial charge is 0.389 e. The summed E-state index contributed by atoms with van der Waals surface area (Å²) >= 11 is 0. The van der Waals surface area contributed by atoms with Crippen LogP contribution in [0.1, 0.15) is 39.5 Å². The molecule has 1 aliphatic heterocycles. The van der Waals surface area contributed by atoms with Gasteiger partial charge in [0.15, 0.2) is 5.96 Å². The van der Waals surface area contributed by atoms with Gasteiger partial charge in [-0.3, -0.25) is 4.99 Å². The van der Waals surface area contributed by atoms with Crippen LogP contribution in [0.2, 0.25) is 0 Å². The summed E-state index contributed by atoms with van der Waals surface area (Å²) in [6.45, 7) is 9.18. The summed E-state index contributed by atoms with van der Waals surface area (Å²) in [5, 5.41) is 13.3. The summed E-state index contributed by atoms with van der Waals surface area (Å²) in [7, 11) is 0. The van der Waals surface area contributed by atoms with Crippen molar-refractivity contribution >= 4 is 5.96 Å². The van der Waals surface area contributed by atoms with Crippen molar-refractivity contribution in [2.24, 2.45) is 10.9 Å². The molecule has 0 spiro atoms. The zero-order chi connectivity index (χ0) is 16.5. The summed E-state index contributed by atoms with van der Waals surface area (Å²) in [6.07, 6.45) is 4.47. The number of ether oxygens (including phenoxy) is 2. The van der Waals surface area contributed by atoms with Crippen molar-refractivity contribution < 1.29 is 14.6 Å². The van der Waals surface area contributed by atoms with E-state index < -0.39 is 6.10 Å². The Labute approximate surface area is 140 Å². The summed E-state index contributed by atoms with van der Waals surface area (Å²) in [6, 6.07) is 0. The van der Waals surface area contributed by atoms with E-state index in [0.29, 0.717) is 19.3 Å². The molecule has 2 fully saturated rings. The quantitative estimate of drug-likeness (QED) is 0.493. The highest BCUT2D eigenvalue weighted by Gasteiger charge is 2.23. The van der Waals surface area contributed by atoms with Gasteiger partial charge < -0.3 is 24.8 Å². The van der Waals surface area contributed by atoms with Crippen LogP contribution in [0.25, 0.3) is 0 Å². The monoisotopic (exact) mass is 327 g/mol. The lowest BCUT2D eigenvalue weighted by atomic mass is 10.1. The van der Waals surface area contributed by atoms with Crippen LogP contribution in [-0.2, 0) is 9.47 Å². The van der Waals surface area contributed by atoms with Gasteiger partial charge in [-0.1, -0.05) is 0 Å². The molecule has 2 N–H and O–H groups in total. The highest BCUT2D eigenvalue weighted by atomic mass is 16.5. The number of aliphatic imine (C=N–C) groups is 1. The number of guanidine groups is 1. The molecule has 2 aliphatic rings. The minimum atomic E-state index is -0.525. The average molecular weight is 327 g/mol. The van der Waals surface area contributed by atoms with Gasteiger partial charge in [-0.15, -0.1) is 0 Å². The normalized spacial score (nSPS) is 21.5. The molecule has 0 radical (unpaired) electrons. The Balaban J connectivity index is 1.72. The average Bonchev–Trinajstić information content (AvgIpc) is 3.37. The Morgan fingerprint density at radius 2 is 2.00 bits per heavy atom. The van der Waals surface area contributed by atoms with Gasteiger partial charge in [0.2, 0.25) is 0 Å². The van der Waals surface area contributed by atoms with Gasteiger partial charge in [0, 0.05) is 32.8 Å². The third-order valence-corrected chi connectivity index (χ3v) is 4.29. The predicted octanol–water partition coefficient (Wildman–Crippen LogP) is 1.24. The third-order valence-electron chi connectivity index (χ3n) is 4.29. The van der Waals surface area contributed by atoms with E-state index in [9.17, 15) is 5.11 Å². The van der Waals surface area contributed by atoms with Crippen LogP contribution in [0.3, 0.4) is 0 Å². The van der Waals surface area contributed by atoms with Crippen LogP contribution in [0.5, 0.6) is 0 Å². The number of piperidine rings is 1. The van der Waals surface area contributed by atoms with Crippen molar-refractivity contribution in [1.29, 1.82) is 0 Å². The topological polar surface area (TPSA) is 66.3 Å². The predicted molar refractivity (Wildman–Crippen MR) is 91.7 cm³/mol. The van der Waals surface area contributed by atoms with E-state index in [0.717, 1.165) is 57.6 Å². The molecule has 0 aromatic heterocycles. The summed E-state index contributed by atoms with van der Waals surface area (Å²) in [4.78, 5) is 6.84. The van der Waals surface area contributed by atoms with Gasteiger partial charge in [-0.2, -0.15) is 0 Å². The first kappa shape index (κ1) is 18.5. The van der Waals surface area contributed by atoms with Crippen LogP contribution in [-0.4, -0.2) is 74.2 Å². The van der Waals surface area contributed by atoms with E-state index in [4.69, 9.17) is 9.47 Å². The van der Waals surface area contributed by atoms with Crippen molar-refractivity contribution in [2.75, 3.05) is 46.0 Å². The molecule has 0 aromatic carbocycles. The summed E-state index contributed by atoms with van der Waals surface area (Å²) < 4.78 is 11.2. The smallest absolute Gasteiger partial charge is 0.194 e. The van der Waals surface area contributed by atoms with Gasteiger partial charge in [-0.25, -0.2) is 0 Å². The molecule has 1 atom stereocenters. The maximum absolute atomic E-state index is 10.0. The lowest BCUT2D eigenvalue weighted by molar-refractivity contribution is 0.0258. The van der Waals surface area contributed by atoms with E-state index in [-0.39, 0.29) is 0 Å². The van der Waals surface area contributed by atoms with Gasteiger partial charge in [0.1, 0.15) is 0 Å². The van der Waals surface area contributed by atoms with Crippen LogP contribution in [0.4, 0.5) is 0 Å². The molecule has 1 saturated carbocycles. The minimum Gasteiger partial charge on any atom is -0.389 e.